The van der Waals surface area contributed by atoms with E-state index in [9.17, 15) is 9.59 Å². The van der Waals surface area contributed by atoms with Crippen LogP contribution >= 0.6 is 11.3 Å². The Morgan fingerprint density at radius 1 is 1.15 bits per heavy atom. The first-order valence-electron chi connectivity index (χ1n) is 10.2. The van der Waals surface area contributed by atoms with Crippen molar-refractivity contribution in [3.05, 3.63) is 22.4 Å². The van der Waals surface area contributed by atoms with Gasteiger partial charge in [-0.15, -0.1) is 0 Å². The van der Waals surface area contributed by atoms with Gasteiger partial charge < -0.3 is 15.1 Å². The van der Waals surface area contributed by atoms with Gasteiger partial charge in [-0.25, -0.2) is 4.79 Å². The molecular formula is C21H31N3O2S. The molecule has 3 aliphatic rings. The van der Waals surface area contributed by atoms with Crippen LogP contribution in [0.4, 0.5) is 4.79 Å². The molecule has 0 spiro atoms. The Bertz CT molecular complexity index is 717. The maximum absolute atomic E-state index is 13.0. The van der Waals surface area contributed by atoms with E-state index in [1.165, 1.54) is 12.8 Å². The average molecular weight is 390 g/mol. The van der Waals surface area contributed by atoms with Crippen molar-refractivity contribution < 1.29 is 9.59 Å². The molecule has 3 amide bonds. The minimum Gasteiger partial charge on any atom is -0.337 e. The van der Waals surface area contributed by atoms with E-state index in [1.807, 2.05) is 26.6 Å². The fourth-order valence-corrected chi connectivity index (χ4v) is 6.18. The van der Waals surface area contributed by atoms with E-state index >= 15 is 0 Å². The van der Waals surface area contributed by atoms with Gasteiger partial charge in [0.15, 0.2) is 0 Å². The summed E-state index contributed by atoms with van der Waals surface area (Å²) in [4.78, 5) is 29.3. The Hall–Kier alpha value is -1.56. The molecule has 1 N–H and O–H groups in total. The van der Waals surface area contributed by atoms with E-state index in [-0.39, 0.29) is 23.4 Å². The topological polar surface area (TPSA) is 52.7 Å². The number of nitrogens with zero attached hydrogens (tertiary/aromatic N) is 2. The Kier molecular flexibility index (Phi) is 4.73. The van der Waals surface area contributed by atoms with Crippen molar-refractivity contribution in [1.82, 2.24) is 15.1 Å². The van der Waals surface area contributed by atoms with Crippen LogP contribution in [0, 0.1) is 16.7 Å². The second-order valence-corrected chi connectivity index (χ2v) is 10.0. The van der Waals surface area contributed by atoms with Crippen LogP contribution in [0.15, 0.2) is 16.8 Å². The molecule has 1 aromatic rings. The van der Waals surface area contributed by atoms with Gasteiger partial charge in [0.05, 0.1) is 5.56 Å². The first-order chi connectivity index (χ1) is 12.8. The molecule has 148 valence electrons. The van der Waals surface area contributed by atoms with Gasteiger partial charge in [-0.1, -0.05) is 20.8 Å². The summed E-state index contributed by atoms with van der Waals surface area (Å²) >= 11 is 1.54. The molecule has 2 heterocycles. The number of rotatable bonds is 2. The van der Waals surface area contributed by atoms with Gasteiger partial charge in [0, 0.05) is 37.6 Å². The van der Waals surface area contributed by atoms with Gasteiger partial charge in [-0.05, 0) is 53.9 Å². The first-order valence-corrected chi connectivity index (χ1v) is 11.1. The minimum absolute atomic E-state index is 0.0504. The zero-order valence-electron chi connectivity index (χ0n) is 16.7. The van der Waals surface area contributed by atoms with Crippen LogP contribution in [0.2, 0.25) is 0 Å². The van der Waals surface area contributed by atoms with Gasteiger partial charge in [0.1, 0.15) is 0 Å². The van der Waals surface area contributed by atoms with Crippen LogP contribution in [0.5, 0.6) is 0 Å². The van der Waals surface area contributed by atoms with E-state index in [1.54, 1.807) is 11.3 Å². The van der Waals surface area contributed by atoms with E-state index in [0.717, 1.165) is 30.9 Å². The molecule has 3 atom stereocenters. The molecule has 27 heavy (non-hydrogen) atoms. The predicted octanol–water partition coefficient (Wildman–Crippen LogP) is 3.82. The van der Waals surface area contributed by atoms with Crippen LogP contribution in [-0.2, 0) is 0 Å². The molecule has 2 bridgehead atoms. The Morgan fingerprint density at radius 3 is 2.52 bits per heavy atom. The van der Waals surface area contributed by atoms with E-state index in [4.69, 9.17) is 0 Å². The molecule has 1 aliphatic heterocycles. The van der Waals surface area contributed by atoms with Crippen molar-refractivity contribution in [2.75, 3.05) is 26.2 Å². The van der Waals surface area contributed by atoms with Gasteiger partial charge in [-0.2, -0.15) is 11.3 Å². The Balaban J connectivity index is 1.36. The molecular weight excluding hydrogens is 358 g/mol. The summed E-state index contributed by atoms with van der Waals surface area (Å²) < 4.78 is 0. The predicted molar refractivity (Wildman–Crippen MR) is 108 cm³/mol. The van der Waals surface area contributed by atoms with Crippen molar-refractivity contribution in [3.63, 3.8) is 0 Å². The van der Waals surface area contributed by atoms with E-state index in [0.29, 0.717) is 25.0 Å². The molecule has 1 saturated heterocycles. The second-order valence-electron chi connectivity index (χ2n) is 9.26. The lowest BCUT2D eigenvalue weighted by Crippen LogP contribution is -2.52. The lowest BCUT2D eigenvalue weighted by molar-refractivity contribution is 0.0762. The summed E-state index contributed by atoms with van der Waals surface area (Å²) in [7, 11) is 0. The molecule has 0 radical (unpaired) electrons. The number of carbonyl (C=O) groups excluding carboxylic acids is 2. The van der Waals surface area contributed by atoms with Crippen LogP contribution < -0.4 is 5.32 Å². The minimum atomic E-state index is 0.0504. The van der Waals surface area contributed by atoms with Crippen LogP contribution in [0.3, 0.4) is 0 Å². The van der Waals surface area contributed by atoms with Gasteiger partial charge >= 0.3 is 6.03 Å². The van der Waals surface area contributed by atoms with Crippen molar-refractivity contribution in [1.29, 1.82) is 0 Å². The van der Waals surface area contributed by atoms with Gasteiger partial charge in [0.25, 0.3) is 5.91 Å². The fourth-order valence-electron chi connectivity index (χ4n) is 5.55. The standard InChI is InChI=1S/C21H31N3O2S/c1-20(2)16-5-7-21(20,3)17(13-16)22-19(26)24-9-4-8-23(10-11-24)18(25)15-6-12-27-14-15/h6,12,14,16-17H,4-5,7-11,13H2,1-3H3,(H,22,26)/t16-,17-,21-/m0/s1. The largest absolute Gasteiger partial charge is 0.337 e. The highest BCUT2D eigenvalue weighted by molar-refractivity contribution is 7.08. The lowest BCUT2D eigenvalue weighted by atomic mass is 9.69. The summed E-state index contributed by atoms with van der Waals surface area (Å²) in [6.07, 6.45) is 4.43. The van der Waals surface area contributed by atoms with Crippen LogP contribution in [-0.4, -0.2) is 54.0 Å². The third kappa shape index (κ3) is 3.06. The molecule has 3 fully saturated rings. The summed E-state index contributed by atoms with van der Waals surface area (Å²) in [6.45, 7) is 9.75. The number of nitrogens with one attached hydrogen (secondary N) is 1. The van der Waals surface area contributed by atoms with Crippen molar-refractivity contribution in [2.24, 2.45) is 16.7 Å². The highest BCUT2D eigenvalue weighted by Crippen LogP contribution is 2.65. The SMILES string of the molecule is CC1(C)[C@H]2CC[C@@]1(C)[C@@H](NC(=O)N1CCCN(C(=O)c3ccsc3)CC1)C2. The van der Waals surface area contributed by atoms with E-state index in [2.05, 4.69) is 26.1 Å². The maximum Gasteiger partial charge on any atom is 0.317 e. The zero-order chi connectivity index (χ0) is 19.2. The molecule has 2 aliphatic carbocycles. The Morgan fingerprint density at radius 2 is 1.89 bits per heavy atom. The summed E-state index contributed by atoms with van der Waals surface area (Å²) in [5.41, 5.74) is 1.25. The molecule has 5 nitrogen and oxygen atoms in total. The lowest BCUT2D eigenvalue weighted by Gasteiger charge is -2.40. The van der Waals surface area contributed by atoms with Crippen molar-refractivity contribution in [3.8, 4) is 0 Å². The highest BCUT2D eigenvalue weighted by Gasteiger charge is 2.61. The quantitative estimate of drug-likeness (QED) is 0.836. The van der Waals surface area contributed by atoms with Gasteiger partial charge in [0.2, 0.25) is 0 Å². The molecule has 1 aromatic heterocycles. The Labute approximate surface area is 166 Å². The van der Waals surface area contributed by atoms with Crippen LogP contribution in [0.1, 0.15) is 56.8 Å². The van der Waals surface area contributed by atoms with Crippen molar-refractivity contribution >= 4 is 23.3 Å². The fraction of sp³-hybridized carbons (Fsp3) is 0.714. The number of thiophene rings is 1. The van der Waals surface area contributed by atoms with Gasteiger partial charge in [-0.3, -0.25) is 4.79 Å². The zero-order valence-corrected chi connectivity index (χ0v) is 17.5. The summed E-state index contributed by atoms with van der Waals surface area (Å²) in [5.74, 6) is 0.802. The summed E-state index contributed by atoms with van der Waals surface area (Å²) in [5, 5.41) is 7.19. The van der Waals surface area contributed by atoms with Crippen LogP contribution in [0.25, 0.3) is 0 Å². The second kappa shape index (κ2) is 6.80. The average Bonchev–Trinajstić information content (AvgIpc) is 3.20. The summed E-state index contributed by atoms with van der Waals surface area (Å²) in [6, 6.07) is 2.19. The number of carbonyl (C=O) groups is 2. The monoisotopic (exact) mass is 389 g/mol. The number of hydrogen-bond acceptors (Lipinski definition) is 3. The smallest absolute Gasteiger partial charge is 0.317 e. The first kappa shape index (κ1) is 18.8. The normalized spacial score (nSPS) is 32.4. The van der Waals surface area contributed by atoms with Crippen molar-refractivity contribution in [2.45, 2.75) is 52.5 Å². The van der Waals surface area contributed by atoms with E-state index < -0.39 is 0 Å². The third-order valence-corrected chi connectivity index (χ3v) is 8.61. The molecule has 0 aromatic carbocycles. The highest BCUT2D eigenvalue weighted by atomic mass is 32.1. The number of fused-ring (bicyclic) bond motifs is 2. The molecule has 6 heteroatoms. The number of amides is 3. The number of hydrogen-bond donors (Lipinski definition) is 1. The maximum atomic E-state index is 13.0. The molecule has 2 saturated carbocycles. The third-order valence-electron chi connectivity index (χ3n) is 7.93. The number of urea groups is 1. The molecule has 0 unspecified atom stereocenters. The molecule has 4 rings (SSSR count).